The minimum Gasteiger partial charge on any atom is -0.463 e. The molecule has 0 N–H and O–H groups in total. The third-order valence-electron chi connectivity index (χ3n) is 6.19. The van der Waals surface area contributed by atoms with Gasteiger partial charge in [0.2, 0.25) is 0 Å². The van der Waals surface area contributed by atoms with Crippen LogP contribution in [0.3, 0.4) is 0 Å². The van der Waals surface area contributed by atoms with Gasteiger partial charge in [-0.25, -0.2) is 4.79 Å². The van der Waals surface area contributed by atoms with E-state index >= 15 is 0 Å². The van der Waals surface area contributed by atoms with Crippen LogP contribution >= 0.6 is 0 Å². The van der Waals surface area contributed by atoms with Gasteiger partial charge in [0.25, 0.3) is 0 Å². The van der Waals surface area contributed by atoms with E-state index in [4.69, 9.17) is 56.8 Å². The molecule has 0 aliphatic rings. The maximum Gasteiger partial charge on any atom is 0.330 e. The molecule has 0 amide bonds. The van der Waals surface area contributed by atoms with Crippen molar-refractivity contribution >= 4 is 11.9 Å². The number of carbonyl (C=O) groups excluding carboxylic acids is 2. The van der Waals surface area contributed by atoms with Crippen LogP contribution in [0.2, 0.25) is 0 Å². The smallest absolute Gasteiger partial charge is 0.330 e. The van der Waals surface area contributed by atoms with E-state index < -0.39 is 5.97 Å². The zero-order valence-corrected chi connectivity index (χ0v) is 29.0. The van der Waals surface area contributed by atoms with Gasteiger partial charge in [0.05, 0.1) is 138 Å². The Bertz CT molecular complexity index is 682. The van der Waals surface area contributed by atoms with Crippen LogP contribution in [0.5, 0.6) is 0 Å². The number of esters is 2. The summed E-state index contributed by atoms with van der Waals surface area (Å²) in [5, 5.41) is 0. The Kier molecular flexibility index (Phi) is 37.3. The minimum atomic E-state index is -0.462. The molecule has 0 radical (unpaired) electrons. The highest BCUT2D eigenvalue weighted by molar-refractivity contribution is 5.81. The summed E-state index contributed by atoms with van der Waals surface area (Å²) in [5.74, 6) is -0.593. The highest BCUT2D eigenvalue weighted by Gasteiger charge is 2.16. The molecule has 278 valence electrons. The van der Waals surface area contributed by atoms with Crippen molar-refractivity contribution in [2.45, 2.75) is 39.5 Å². The van der Waals surface area contributed by atoms with Gasteiger partial charge in [0.1, 0.15) is 13.2 Å². The molecule has 0 aromatic heterocycles. The van der Waals surface area contributed by atoms with E-state index in [0.717, 1.165) is 31.8 Å². The van der Waals surface area contributed by atoms with E-state index in [1.807, 2.05) is 6.92 Å². The van der Waals surface area contributed by atoms with E-state index in [9.17, 15) is 9.59 Å². The molecule has 47 heavy (non-hydrogen) atoms. The summed E-state index contributed by atoms with van der Waals surface area (Å²) in [7, 11) is 0. The molecule has 1 atom stereocenters. The zero-order chi connectivity index (χ0) is 34.3. The first-order chi connectivity index (χ1) is 23.2. The standard InChI is InChI=1S/C33H62O14/c1-4-7-8-31(5-2)33(35)47-30-28-45-26-24-43-22-20-41-18-16-39-14-12-37-10-9-36-11-13-38-15-17-40-19-21-42-23-25-44-27-29-46-32(34)6-3/h6,31H,3-5,7-30H2,1-2H3. The van der Waals surface area contributed by atoms with Crippen LogP contribution in [0.25, 0.3) is 0 Å². The van der Waals surface area contributed by atoms with E-state index in [1.54, 1.807) is 0 Å². The predicted octanol–water partition coefficient (Wildman–Crippen LogP) is 2.64. The first-order valence-electron chi connectivity index (χ1n) is 16.9. The first-order valence-corrected chi connectivity index (χ1v) is 16.9. The second kappa shape index (κ2) is 38.7. The lowest BCUT2D eigenvalue weighted by Crippen LogP contribution is -2.20. The number of hydrogen-bond acceptors (Lipinski definition) is 14. The van der Waals surface area contributed by atoms with Gasteiger partial charge in [-0.3, -0.25) is 4.79 Å². The quantitative estimate of drug-likeness (QED) is 0.0532. The Hall–Kier alpha value is -1.72. The van der Waals surface area contributed by atoms with Gasteiger partial charge < -0.3 is 56.8 Å². The monoisotopic (exact) mass is 682 g/mol. The van der Waals surface area contributed by atoms with Gasteiger partial charge in [-0.15, -0.1) is 0 Å². The first kappa shape index (κ1) is 45.3. The Labute approximate surface area is 281 Å². The normalized spacial score (nSPS) is 11.9. The number of rotatable bonds is 39. The molecule has 1 unspecified atom stereocenters. The molecule has 14 heteroatoms. The zero-order valence-electron chi connectivity index (χ0n) is 29.0. The van der Waals surface area contributed by atoms with Crippen LogP contribution in [0, 0.1) is 5.92 Å². The largest absolute Gasteiger partial charge is 0.463 e. The van der Waals surface area contributed by atoms with Crippen LogP contribution in [-0.2, 0) is 66.4 Å². The summed E-state index contributed by atoms with van der Waals surface area (Å²) in [5.41, 5.74) is 0. The van der Waals surface area contributed by atoms with Gasteiger partial charge in [0, 0.05) is 6.08 Å². The molecule has 0 aromatic carbocycles. The topological polar surface area (TPSA) is 145 Å². The summed E-state index contributed by atoms with van der Waals surface area (Å²) >= 11 is 0. The van der Waals surface area contributed by atoms with E-state index in [-0.39, 0.29) is 25.1 Å². The fraction of sp³-hybridized carbons (Fsp3) is 0.879. The van der Waals surface area contributed by atoms with Crippen LogP contribution in [0.1, 0.15) is 39.5 Å². The Balaban J connectivity index is 3.15. The summed E-state index contributed by atoms with van der Waals surface area (Å²) in [4.78, 5) is 22.8. The highest BCUT2D eigenvalue weighted by atomic mass is 16.6. The van der Waals surface area contributed by atoms with Crippen molar-refractivity contribution in [3.8, 4) is 0 Å². The second-order valence-corrected chi connectivity index (χ2v) is 9.91. The Morgan fingerprint density at radius 2 is 0.745 bits per heavy atom. The SMILES string of the molecule is C=CC(=O)OCCOCCOCCOCCOCCOCCOCCOCCOCCOCCOCCOC(=O)C(CC)CCCC. The predicted molar refractivity (Wildman–Crippen MR) is 174 cm³/mol. The molecular weight excluding hydrogens is 620 g/mol. The average molecular weight is 683 g/mol. The maximum atomic E-state index is 12.0. The van der Waals surface area contributed by atoms with Crippen LogP contribution in [0.4, 0.5) is 0 Å². The van der Waals surface area contributed by atoms with Gasteiger partial charge in [-0.05, 0) is 12.8 Å². The number of carbonyl (C=O) groups is 2. The lowest BCUT2D eigenvalue weighted by molar-refractivity contribution is -0.150. The lowest BCUT2D eigenvalue weighted by Gasteiger charge is -2.13. The van der Waals surface area contributed by atoms with E-state index in [0.29, 0.717) is 132 Å². The van der Waals surface area contributed by atoms with Crippen molar-refractivity contribution in [2.24, 2.45) is 5.92 Å². The number of ether oxygens (including phenoxy) is 12. The Morgan fingerprint density at radius 3 is 1.00 bits per heavy atom. The van der Waals surface area contributed by atoms with Crippen molar-refractivity contribution in [2.75, 3.05) is 145 Å². The van der Waals surface area contributed by atoms with Gasteiger partial charge in [-0.2, -0.15) is 0 Å². The van der Waals surface area contributed by atoms with Crippen molar-refractivity contribution in [1.82, 2.24) is 0 Å². The van der Waals surface area contributed by atoms with Crippen molar-refractivity contribution < 1.29 is 66.4 Å². The van der Waals surface area contributed by atoms with Crippen LogP contribution in [-0.4, -0.2) is 157 Å². The lowest BCUT2D eigenvalue weighted by atomic mass is 10.00. The molecule has 0 aromatic rings. The molecule has 0 fully saturated rings. The molecule has 0 saturated carbocycles. The fourth-order valence-electron chi connectivity index (χ4n) is 3.60. The maximum absolute atomic E-state index is 12.0. The van der Waals surface area contributed by atoms with E-state index in [2.05, 4.69) is 13.5 Å². The van der Waals surface area contributed by atoms with Gasteiger partial charge >= 0.3 is 11.9 Å². The second-order valence-electron chi connectivity index (χ2n) is 9.91. The van der Waals surface area contributed by atoms with Crippen LogP contribution in [0.15, 0.2) is 12.7 Å². The molecule has 14 nitrogen and oxygen atoms in total. The van der Waals surface area contributed by atoms with Gasteiger partial charge in [0.15, 0.2) is 0 Å². The minimum absolute atomic E-state index is 0.00739. The molecule has 0 saturated heterocycles. The molecule has 0 bridgehead atoms. The summed E-state index contributed by atoms with van der Waals surface area (Å²) in [6.45, 7) is 17.1. The van der Waals surface area contributed by atoms with Crippen LogP contribution < -0.4 is 0 Å². The van der Waals surface area contributed by atoms with Crippen molar-refractivity contribution in [3.63, 3.8) is 0 Å². The highest BCUT2D eigenvalue weighted by Crippen LogP contribution is 2.14. The van der Waals surface area contributed by atoms with Crippen molar-refractivity contribution in [1.29, 1.82) is 0 Å². The fourth-order valence-corrected chi connectivity index (χ4v) is 3.60. The third kappa shape index (κ3) is 35.4. The third-order valence-corrected chi connectivity index (χ3v) is 6.19. The summed E-state index contributed by atoms with van der Waals surface area (Å²) < 4.78 is 64.4. The summed E-state index contributed by atoms with van der Waals surface area (Å²) in [6, 6.07) is 0. The molecule has 0 spiro atoms. The molecule has 0 heterocycles. The molecule has 0 aliphatic carbocycles. The van der Waals surface area contributed by atoms with E-state index in [1.165, 1.54) is 0 Å². The molecule has 0 rings (SSSR count). The Morgan fingerprint density at radius 1 is 0.468 bits per heavy atom. The average Bonchev–Trinajstić information content (AvgIpc) is 3.08. The van der Waals surface area contributed by atoms with Gasteiger partial charge in [-0.1, -0.05) is 33.3 Å². The van der Waals surface area contributed by atoms with Crippen molar-refractivity contribution in [3.05, 3.63) is 12.7 Å². The molecular formula is C33H62O14. The number of unbranched alkanes of at least 4 members (excludes halogenated alkanes) is 1. The summed E-state index contributed by atoms with van der Waals surface area (Å²) in [6.07, 6.45) is 4.93. The molecule has 0 aliphatic heterocycles. The number of hydrogen-bond donors (Lipinski definition) is 0.